The van der Waals surface area contributed by atoms with E-state index in [1.807, 2.05) is 30.3 Å². The maximum Gasteiger partial charge on any atom is 0.490 e. The van der Waals surface area contributed by atoms with Crippen LogP contribution in [0.2, 0.25) is 0 Å². The standard InChI is InChI=1S/C18H24N4O.3C2HF3O2/c1-21-18-16(8-20-21)10-22(9-14-4-6-19-7-5-14)11-17(18)13-23-12-15-2-3-15;3*3-2(4,5)1(6)7/h4-8,15,17H,2-3,9-13H2,1H3;3*(H,6,7). The van der Waals surface area contributed by atoms with E-state index in [2.05, 4.69) is 27.1 Å². The van der Waals surface area contributed by atoms with Crippen LogP contribution in [0.15, 0.2) is 30.7 Å². The minimum Gasteiger partial charge on any atom is -0.475 e. The fourth-order valence-electron chi connectivity index (χ4n) is 3.50. The summed E-state index contributed by atoms with van der Waals surface area (Å²) in [4.78, 5) is 33.3. The Kier molecular flexibility index (Phi) is 14.0. The van der Waals surface area contributed by atoms with E-state index in [0.717, 1.165) is 38.8 Å². The van der Waals surface area contributed by atoms with Gasteiger partial charge in [0.25, 0.3) is 0 Å². The van der Waals surface area contributed by atoms with E-state index in [-0.39, 0.29) is 0 Å². The molecule has 0 amide bonds. The summed E-state index contributed by atoms with van der Waals surface area (Å²) < 4.78 is 103. The number of alkyl halides is 9. The number of fused-ring (bicyclic) bond motifs is 1. The second-order valence-electron chi connectivity index (χ2n) is 9.29. The van der Waals surface area contributed by atoms with Gasteiger partial charge in [-0.25, -0.2) is 14.4 Å². The van der Waals surface area contributed by atoms with E-state index in [0.29, 0.717) is 5.92 Å². The third-order valence-electron chi connectivity index (χ3n) is 5.58. The first kappa shape index (κ1) is 38.1. The Balaban J connectivity index is 0.000000379. The summed E-state index contributed by atoms with van der Waals surface area (Å²) >= 11 is 0. The van der Waals surface area contributed by atoms with Crippen molar-refractivity contribution in [3.05, 3.63) is 47.5 Å². The van der Waals surface area contributed by atoms with Crippen LogP contribution in [0, 0.1) is 5.92 Å². The molecule has 3 heterocycles. The third-order valence-corrected chi connectivity index (χ3v) is 5.58. The smallest absolute Gasteiger partial charge is 0.475 e. The van der Waals surface area contributed by atoms with Gasteiger partial charge in [-0.15, -0.1) is 0 Å². The minimum absolute atomic E-state index is 0.409. The van der Waals surface area contributed by atoms with E-state index in [9.17, 15) is 39.5 Å². The molecular weight excluding hydrogens is 627 g/mol. The largest absolute Gasteiger partial charge is 0.490 e. The lowest BCUT2D eigenvalue weighted by Crippen LogP contribution is -2.35. The number of hydrogen-bond acceptors (Lipinski definition) is 7. The summed E-state index contributed by atoms with van der Waals surface area (Å²) in [7, 11) is 2.05. The van der Waals surface area contributed by atoms with Crippen LogP contribution in [0.5, 0.6) is 0 Å². The van der Waals surface area contributed by atoms with Crippen molar-refractivity contribution in [1.82, 2.24) is 19.7 Å². The van der Waals surface area contributed by atoms with Gasteiger partial charge in [0.1, 0.15) is 0 Å². The molecule has 4 rings (SSSR count). The Morgan fingerprint density at radius 1 is 0.864 bits per heavy atom. The fourth-order valence-corrected chi connectivity index (χ4v) is 3.50. The molecule has 0 saturated heterocycles. The number of carboxylic acid groups (broad SMARTS) is 3. The molecule has 1 aliphatic carbocycles. The van der Waals surface area contributed by atoms with Gasteiger partial charge < -0.3 is 20.1 Å². The van der Waals surface area contributed by atoms with Gasteiger partial charge in [-0.05, 0) is 36.5 Å². The average Bonchev–Trinajstić information content (AvgIpc) is 3.64. The van der Waals surface area contributed by atoms with E-state index >= 15 is 0 Å². The van der Waals surface area contributed by atoms with Gasteiger partial charge in [0.2, 0.25) is 0 Å². The molecule has 1 atom stereocenters. The number of aliphatic carboxylic acids is 3. The van der Waals surface area contributed by atoms with E-state index in [4.69, 9.17) is 34.4 Å². The lowest BCUT2D eigenvalue weighted by Gasteiger charge is -2.33. The maximum atomic E-state index is 10.6. The molecule has 248 valence electrons. The van der Waals surface area contributed by atoms with Crippen LogP contribution >= 0.6 is 0 Å². The summed E-state index contributed by atoms with van der Waals surface area (Å²) in [5.74, 6) is -7.04. The number of nitrogens with zero attached hydrogens (tertiary/aromatic N) is 4. The normalized spacial score (nSPS) is 16.5. The van der Waals surface area contributed by atoms with Crippen LogP contribution < -0.4 is 0 Å². The molecule has 2 aliphatic rings. The first-order chi connectivity index (χ1) is 20.1. The molecule has 0 aromatic carbocycles. The highest BCUT2D eigenvalue weighted by Crippen LogP contribution is 2.32. The van der Waals surface area contributed by atoms with Crippen molar-refractivity contribution in [2.24, 2.45) is 13.0 Å². The first-order valence-electron chi connectivity index (χ1n) is 12.2. The topological polar surface area (TPSA) is 155 Å². The Bertz CT molecular complexity index is 1160. The number of carboxylic acids is 3. The summed E-state index contributed by atoms with van der Waals surface area (Å²) in [5, 5.41) is 25.8. The average molecular weight is 654 g/mol. The fraction of sp³-hybridized carbons (Fsp3) is 0.542. The molecule has 11 nitrogen and oxygen atoms in total. The number of carbonyl (C=O) groups is 3. The molecule has 0 spiro atoms. The monoisotopic (exact) mass is 654 g/mol. The predicted octanol–water partition coefficient (Wildman–Crippen LogP) is 4.24. The number of pyridine rings is 1. The lowest BCUT2D eigenvalue weighted by molar-refractivity contribution is -0.193. The highest BCUT2D eigenvalue weighted by atomic mass is 19.4. The van der Waals surface area contributed by atoms with E-state index in [1.54, 1.807) is 0 Å². The predicted molar refractivity (Wildman–Crippen MR) is 129 cm³/mol. The van der Waals surface area contributed by atoms with Crippen LogP contribution in [0.1, 0.15) is 35.6 Å². The minimum atomic E-state index is -5.08. The van der Waals surface area contributed by atoms with Gasteiger partial charge >= 0.3 is 36.4 Å². The molecule has 1 aliphatic heterocycles. The molecule has 1 unspecified atom stereocenters. The van der Waals surface area contributed by atoms with E-state index < -0.39 is 36.4 Å². The molecule has 0 bridgehead atoms. The molecular formula is C24H27F9N4O7. The van der Waals surface area contributed by atoms with Crippen LogP contribution in [0.4, 0.5) is 39.5 Å². The highest BCUT2D eigenvalue weighted by Gasteiger charge is 2.39. The zero-order valence-corrected chi connectivity index (χ0v) is 22.7. The van der Waals surface area contributed by atoms with Crippen molar-refractivity contribution in [2.75, 3.05) is 19.8 Å². The Morgan fingerprint density at radius 2 is 1.32 bits per heavy atom. The maximum absolute atomic E-state index is 10.6. The van der Waals surface area contributed by atoms with Crippen LogP contribution in [0.25, 0.3) is 0 Å². The molecule has 2 aromatic rings. The zero-order chi connectivity index (χ0) is 33.9. The Hall–Kier alpha value is -3.94. The first-order valence-corrected chi connectivity index (χ1v) is 12.2. The number of rotatable bonds is 6. The van der Waals surface area contributed by atoms with Crippen molar-refractivity contribution in [1.29, 1.82) is 0 Å². The Morgan fingerprint density at radius 3 is 1.73 bits per heavy atom. The van der Waals surface area contributed by atoms with Crippen LogP contribution in [-0.2, 0) is 39.3 Å². The van der Waals surface area contributed by atoms with Gasteiger partial charge in [-0.2, -0.15) is 44.6 Å². The SMILES string of the molecule is Cn1ncc2c1C(COCC1CC1)CN(Cc1ccncc1)C2.O=C(O)C(F)(F)F.O=C(O)C(F)(F)F.O=C(O)C(F)(F)F. The van der Waals surface area contributed by atoms with Crippen molar-refractivity contribution in [3.63, 3.8) is 0 Å². The van der Waals surface area contributed by atoms with Gasteiger partial charge in [0.05, 0.1) is 12.8 Å². The van der Waals surface area contributed by atoms with Crippen LogP contribution in [-0.4, -0.2) is 91.2 Å². The van der Waals surface area contributed by atoms with Crippen LogP contribution in [0.3, 0.4) is 0 Å². The molecule has 20 heteroatoms. The van der Waals surface area contributed by atoms with Gasteiger partial charge in [-0.3, -0.25) is 14.6 Å². The summed E-state index contributed by atoms with van der Waals surface area (Å²) in [6.45, 7) is 4.67. The molecule has 0 radical (unpaired) electrons. The second kappa shape index (κ2) is 16.2. The molecule has 2 aromatic heterocycles. The van der Waals surface area contributed by atoms with E-state index in [1.165, 1.54) is 29.7 Å². The van der Waals surface area contributed by atoms with Crippen molar-refractivity contribution < 1.29 is 74.0 Å². The second-order valence-corrected chi connectivity index (χ2v) is 9.29. The lowest BCUT2D eigenvalue weighted by atomic mass is 9.96. The quantitative estimate of drug-likeness (QED) is 0.386. The molecule has 44 heavy (non-hydrogen) atoms. The number of aromatic nitrogens is 3. The van der Waals surface area contributed by atoms with Gasteiger partial charge in [0.15, 0.2) is 0 Å². The summed E-state index contributed by atoms with van der Waals surface area (Å²) in [6.07, 6.45) is -6.82. The van der Waals surface area contributed by atoms with Crippen molar-refractivity contribution in [3.8, 4) is 0 Å². The van der Waals surface area contributed by atoms with Gasteiger partial charge in [-0.1, -0.05) is 0 Å². The molecule has 1 saturated carbocycles. The Labute approximate surface area is 242 Å². The number of hydrogen-bond donors (Lipinski definition) is 3. The highest BCUT2D eigenvalue weighted by molar-refractivity contribution is 5.73. The summed E-state index contributed by atoms with van der Waals surface area (Å²) in [5.41, 5.74) is 4.00. The van der Waals surface area contributed by atoms with Crippen molar-refractivity contribution in [2.45, 2.75) is 50.4 Å². The molecule has 1 fully saturated rings. The number of ether oxygens (including phenoxy) is 1. The number of aryl methyl sites for hydroxylation is 1. The summed E-state index contributed by atoms with van der Waals surface area (Å²) in [6, 6.07) is 4.19. The molecule has 3 N–H and O–H groups in total. The third kappa shape index (κ3) is 14.5. The van der Waals surface area contributed by atoms with Crippen molar-refractivity contribution >= 4 is 17.9 Å². The zero-order valence-electron chi connectivity index (χ0n) is 22.7. The van der Waals surface area contributed by atoms with Gasteiger partial charge in [0, 0.05) is 62.9 Å². The number of halogens is 9.